The van der Waals surface area contributed by atoms with Crippen LogP contribution in [-0.4, -0.2) is 4.40 Å². The van der Waals surface area contributed by atoms with Gasteiger partial charge in [0.05, 0.1) is 0 Å². The molecule has 13 heavy (non-hydrogen) atoms. The summed E-state index contributed by atoms with van der Waals surface area (Å²) in [7, 11) is 0. The molecule has 72 valence electrons. The minimum Gasteiger partial charge on any atom is -0.324 e. The van der Waals surface area contributed by atoms with Crippen LogP contribution in [0.3, 0.4) is 0 Å². The number of nitrogens with zero attached hydrogens (tertiary/aromatic N) is 1. The van der Waals surface area contributed by atoms with Crippen LogP contribution in [0.15, 0.2) is 42.7 Å². The summed E-state index contributed by atoms with van der Waals surface area (Å²) in [6.07, 6.45) is 4.07. The van der Waals surface area contributed by atoms with Gasteiger partial charge in [-0.2, -0.15) is 0 Å². The molecule has 0 saturated carbocycles. The van der Waals surface area contributed by atoms with E-state index in [9.17, 15) is 0 Å². The van der Waals surface area contributed by atoms with Gasteiger partial charge in [0, 0.05) is 17.9 Å². The second-order valence-electron chi connectivity index (χ2n) is 2.04. The summed E-state index contributed by atoms with van der Waals surface area (Å²) < 4.78 is 2.08. The van der Waals surface area contributed by atoms with Crippen LogP contribution in [0.4, 0.5) is 0 Å². The first kappa shape index (κ1) is 11.8. The summed E-state index contributed by atoms with van der Waals surface area (Å²) in [5.74, 6) is 0. The van der Waals surface area contributed by atoms with Gasteiger partial charge < -0.3 is 4.40 Å². The zero-order valence-corrected chi connectivity index (χ0v) is 8.99. The Labute approximate surface area is 81.0 Å². The van der Waals surface area contributed by atoms with Crippen molar-refractivity contribution < 1.29 is 0 Å². The first-order chi connectivity index (χ1) is 6.47. The molecule has 0 aliphatic heterocycles. The molecule has 0 amide bonds. The first-order valence-corrected chi connectivity index (χ1v) is 4.98. The summed E-state index contributed by atoms with van der Waals surface area (Å²) in [5.41, 5.74) is 1.25. The second kappa shape index (κ2) is 7.41. The molecule has 0 aliphatic carbocycles. The average molecular weight is 177 g/mol. The molecular formula is C12H19N. The van der Waals surface area contributed by atoms with Crippen molar-refractivity contribution in [2.24, 2.45) is 0 Å². The highest BCUT2D eigenvalue weighted by Crippen LogP contribution is 2.01. The number of hydrogen-bond donors (Lipinski definition) is 0. The quantitative estimate of drug-likeness (QED) is 0.573. The van der Waals surface area contributed by atoms with E-state index >= 15 is 0 Å². The molecule has 0 N–H and O–H groups in total. The van der Waals surface area contributed by atoms with E-state index in [4.69, 9.17) is 0 Å². The Bertz CT molecular complexity index is 279. The molecule has 0 unspecified atom stereocenters. The molecule has 0 atom stereocenters. The van der Waals surface area contributed by atoms with Gasteiger partial charge in [-0.05, 0) is 24.3 Å². The standard InChI is InChI=1S/C8H7N.2C2H6/c1-2-6-9-7-3-5-8(9)4-1;2*1-2/h1-7H;2*1-2H3. The van der Waals surface area contributed by atoms with Crippen molar-refractivity contribution >= 4 is 5.52 Å². The molecular weight excluding hydrogens is 158 g/mol. The van der Waals surface area contributed by atoms with E-state index in [1.54, 1.807) is 0 Å². The SMILES string of the molecule is CC.CC.c1ccn2cccc2c1. The highest BCUT2D eigenvalue weighted by Gasteiger charge is 1.83. The summed E-state index contributed by atoms with van der Waals surface area (Å²) in [4.78, 5) is 0. The van der Waals surface area contributed by atoms with Gasteiger partial charge in [0.25, 0.3) is 0 Å². The summed E-state index contributed by atoms with van der Waals surface area (Å²) in [5, 5.41) is 0. The van der Waals surface area contributed by atoms with Crippen LogP contribution in [0.25, 0.3) is 5.52 Å². The summed E-state index contributed by atoms with van der Waals surface area (Å²) in [6, 6.07) is 10.3. The maximum atomic E-state index is 2.08. The molecule has 2 rings (SSSR count). The highest BCUT2D eigenvalue weighted by molar-refractivity contribution is 5.46. The molecule has 0 radical (unpaired) electrons. The molecule has 1 heteroatoms. The van der Waals surface area contributed by atoms with Gasteiger partial charge in [-0.15, -0.1) is 0 Å². The monoisotopic (exact) mass is 177 g/mol. The van der Waals surface area contributed by atoms with Crippen molar-refractivity contribution in [3.05, 3.63) is 42.7 Å². The zero-order valence-electron chi connectivity index (χ0n) is 8.99. The van der Waals surface area contributed by atoms with Crippen LogP contribution in [-0.2, 0) is 0 Å². The third-order valence-electron chi connectivity index (χ3n) is 1.44. The molecule has 0 bridgehead atoms. The number of rotatable bonds is 0. The smallest absolute Gasteiger partial charge is 0.0449 e. The first-order valence-electron chi connectivity index (χ1n) is 4.98. The number of aromatic nitrogens is 1. The van der Waals surface area contributed by atoms with Gasteiger partial charge in [0.15, 0.2) is 0 Å². The Balaban J connectivity index is 0.000000322. The van der Waals surface area contributed by atoms with E-state index in [0.717, 1.165) is 0 Å². The maximum Gasteiger partial charge on any atom is 0.0449 e. The van der Waals surface area contributed by atoms with Crippen LogP contribution in [0, 0.1) is 0 Å². The van der Waals surface area contributed by atoms with Gasteiger partial charge in [-0.25, -0.2) is 0 Å². The number of fused-ring (bicyclic) bond motifs is 1. The average Bonchev–Trinajstić information content (AvgIpc) is 2.71. The van der Waals surface area contributed by atoms with E-state index < -0.39 is 0 Å². The maximum absolute atomic E-state index is 2.08. The van der Waals surface area contributed by atoms with Gasteiger partial charge >= 0.3 is 0 Å². The van der Waals surface area contributed by atoms with Crippen molar-refractivity contribution in [3.63, 3.8) is 0 Å². The molecule has 2 aromatic rings. The Morgan fingerprint density at radius 2 is 1.31 bits per heavy atom. The fourth-order valence-electron chi connectivity index (χ4n) is 0.980. The largest absolute Gasteiger partial charge is 0.324 e. The predicted molar refractivity (Wildman–Crippen MR) is 60.1 cm³/mol. The molecule has 0 saturated heterocycles. The molecule has 2 aromatic heterocycles. The van der Waals surface area contributed by atoms with Crippen molar-refractivity contribution in [3.8, 4) is 0 Å². The van der Waals surface area contributed by atoms with E-state index in [2.05, 4.69) is 16.5 Å². The van der Waals surface area contributed by atoms with Crippen LogP contribution < -0.4 is 0 Å². The van der Waals surface area contributed by atoms with Crippen LogP contribution in [0.2, 0.25) is 0 Å². The Kier molecular flexibility index (Phi) is 6.70. The lowest BCUT2D eigenvalue weighted by Crippen LogP contribution is -1.75. The topological polar surface area (TPSA) is 4.41 Å². The molecule has 0 aromatic carbocycles. The van der Waals surface area contributed by atoms with Gasteiger partial charge in [0.1, 0.15) is 0 Å². The van der Waals surface area contributed by atoms with E-state index in [-0.39, 0.29) is 0 Å². The van der Waals surface area contributed by atoms with E-state index in [1.807, 2.05) is 58.3 Å². The minimum atomic E-state index is 1.25. The lowest BCUT2D eigenvalue weighted by Gasteiger charge is -1.88. The Hall–Kier alpha value is -1.24. The number of hydrogen-bond acceptors (Lipinski definition) is 0. The lowest BCUT2D eigenvalue weighted by atomic mass is 10.4. The van der Waals surface area contributed by atoms with Crippen molar-refractivity contribution in [1.82, 2.24) is 4.40 Å². The van der Waals surface area contributed by atoms with Crippen LogP contribution in [0.1, 0.15) is 27.7 Å². The Morgan fingerprint density at radius 3 is 1.92 bits per heavy atom. The van der Waals surface area contributed by atoms with E-state index in [1.165, 1.54) is 5.52 Å². The summed E-state index contributed by atoms with van der Waals surface area (Å²) in [6.45, 7) is 8.00. The fraction of sp³-hybridized carbons (Fsp3) is 0.333. The molecule has 1 nitrogen and oxygen atoms in total. The highest BCUT2D eigenvalue weighted by atomic mass is 14.8. The fourth-order valence-corrected chi connectivity index (χ4v) is 0.980. The Morgan fingerprint density at radius 1 is 0.769 bits per heavy atom. The van der Waals surface area contributed by atoms with Crippen LogP contribution in [0.5, 0.6) is 0 Å². The second-order valence-corrected chi connectivity index (χ2v) is 2.04. The molecule has 2 heterocycles. The van der Waals surface area contributed by atoms with Gasteiger partial charge in [-0.1, -0.05) is 33.8 Å². The third-order valence-corrected chi connectivity index (χ3v) is 1.44. The zero-order chi connectivity index (χ0) is 10.1. The molecule has 0 spiro atoms. The molecule has 0 fully saturated rings. The third kappa shape index (κ3) is 3.32. The van der Waals surface area contributed by atoms with Crippen molar-refractivity contribution in [2.75, 3.05) is 0 Å². The van der Waals surface area contributed by atoms with Crippen LogP contribution >= 0.6 is 0 Å². The normalized spacial score (nSPS) is 8.00. The number of pyridine rings is 1. The van der Waals surface area contributed by atoms with Crippen molar-refractivity contribution in [1.29, 1.82) is 0 Å². The summed E-state index contributed by atoms with van der Waals surface area (Å²) >= 11 is 0. The predicted octanol–water partition coefficient (Wildman–Crippen LogP) is 3.99. The lowest BCUT2D eigenvalue weighted by molar-refractivity contribution is 1.20. The molecule has 0 aliphatic rings. The minimum absolute atomic E-state index is 1.25. The van der Waals surface area contributed by atoms with E-state index in [0.29, 0.717) is 0 Å². The van der Waals surface area contributed by atoms with Crippen molar-refractivity contribution in [2.45, 2.75) is 27.7 Å². The van der Waals surface area contributed by atoms with Gasteiger partial charge in [-0.3, -0.25) is 0 Å². The van der Waals surface area contributed by atoms with Gasteiger partial charge in [0.2, 0.25) is 0 Å².